The van der Waals surface area contributed by atoms with E-state index in [0.717, 1.165) is 19.5 Å². The molecule has 2 atom stereocenters. The fraction of sp³-hybridized carbons (Fsp3) is 0.588. The number of halogens is 1. The molecule has 1 aromatic rings. The second-order valence-corrected chi connectivity index (χ2v) is 6.03. The first kappa shape index (κ1) is 18.0. The third-order valence-electron chi connectivity index (χ3n) is 4.35. The Labute approximate surface area is 134 Å². The van der Waals surface area contributed by atoms with Gasteiger partial charge in [-0.25, -0.2) is 0 Å². The van der Waals surface area contributed by atoms with Crippen LogP contribution in [0.15, 0.2) is 18.2 Å². The van der Waals surface area contributed by atoms with E-state index >= 15 is 0 Å². The van der Waals surface area contributed by atoms with Gasteiger partial charge < -0.3 is 10.6 Å². The lowest BCUT2D eigenvalue weighted by Crippen LogP contribution is -2.27. The zero-order valence-electron chi connectivity index (χ0n) is 13.2. The van der Waals surface area contributed by atoms with Crippen molar-refractivity contribution >= 4 is 18.3 Å². The van der Waals surface area contributed by atoms with Crippen molar-refractivity contribution in [2.45, 2.75) is 46.1 Å². The number of rotatable bonds is 5. The van der Waals surface area contributed by atoms with Gasteiger partial charge in [0.2, 0.25) is 5.91 Å². The molecule has 1 aliphatic rings. The maximum Gasteiger partial charge on any atom is 0.220 e. The molecule has 2 N–H and O–H groups in total. The van der Waals surface area contributed by atoms with Crippen LogP contribution in [0.2, 0.25) is 0 Å². The molecule has 1 heterocycles. The van der Waals surface area contributed by atoms with E-state index in [1.807, 2.05) is 0 Å². The van der Waals surface area contributed by atoms with Crippen LogP contribution in [0.25, 0.3) is 0 Å². The van der Waals surface area contributed by atoms with Gasteiger partial charge in [0.1, 0.15) is 0 Å². The number of carbonyl (C=O) groups is 1. The number of nitrogens with one attached hydrogen (secondary N) is 2. The van der Waals surface area contributed by atoms with Crippen molar-refractivity contribution in [3.8, 4) is 0 Å². The molecule has 0 spiro atoms. The number of carbonyl (C=O) groups excluding carboxylic acids is 1. The Morgan fingerprint density at radius 1 is 1.38 bits per heavy atom. The van der Waals surface area contributed by atoms with Crippen LogP contribution in [0, 0.1) is 19.8 Å². The number of benzene rings is 1. The monoisotopic (exact) mass is 310 g/mol. The highest BCUT2D eigenvalue weighted by atomic mass is 35.5. The van der Waals surface area contributed by atoms with E-state index in [0.29, 0.717) is 12.3 Å². The second kappa shape index (κ2) is 8.40. The summed E-state index contributed by atoms with van der Waals surface area (Å²) < 4.78 is 0. The Balaban J connectivity index is 0.00000220. The number of aryl methyl sites for hydroxylation is 2. The standard InChI is InChI=1S/C17H26N2O.ClH/c1-12-4-6-16(10-13(12)2)14(3)19-17(20)7-5-15-8-9-18-11-15;/h4,6,10,14-15,18H,5,7-9,11H2,1-3H3,(H,19,20);1H. The zero-order chi connectivity index (χ0) is 14.5. The largest absolute Gasteiger partial charge is 0.350 e. The molecule has 1 aliphatic heterocycles. The lowest BCUT2D eigenvalue weighted by Gasteiger charge is -2.16. The summed E-state index contributed by atoms with van der Waals surface area (Å²) in [5.41, 5.74) is 3.76. The molecule has 118 valence electrons. The highest BCUT2D eigenvalue weighted by Crippen LogP contribution is 2.18. The fourth-order valence-corrected chi connectivity index (χ4v) is 2.73. The maximum absolute atomic E-state index is 12.0. The van der Waals surface area contributed by atoms with Gasteiger partial charge in [-0.15, -0.1) is 12.4 Å². The Morgan fingerprint density at radius 3 is 2.76 bits per heavy atom. The lowest BCUT2D eigenvalue weighted by molar-refractivity contribution is -0.122. The predicted octanol–water partition coefficient (Wildman–Crippen LogP) is 3.29. The highest BCUT2D eigenvalue weighted by Gasteiger charge is 2.16. The van der Waals surface area contributed by atoms with E-state index in [1.54, 1.807) is 0 Å². The van der Waals surface area contributed by atoms with E-state index in [2.05, 4.69) is 49.6 Å². The quantitative estimate of drug-likeness (QED) is 0.876. The molecule has 0 radical (unpaired) electrons. The summed E-state index contributed by atoms with van der Waals surface area (Å²) in [6.07, 6.45) is 2.85. The molecule has 1 fully saturated rings. The van der Waals surface area contributed by atoms with E-state index in [9.17, 15) is 4.79 Å². The SMILES string of the molecule is Cc1ccc(C(C)NC(=O)CCC2CCNC2)cc1C.Cl. The van der Waals surface area contributed by atoms with Crippen LogP contribution in [0.1, 0.15) is 48.9 Å². The van der Waals surface area contributed by atoms with Crippen molar-refractivity contribution in [1.82, 2.24) is 10.6 Å². The molecule has 21 heavy (non-hydrogen) atoms. The fourth-order valence-electron chi connectivity index (χ4n) is 2.73. The summed E-state index contributed by atoms with van der Waals surface area (Å²) in [6.45, 7) is 8.45. The van der Waals surface area contributed by atoms with Gasteiger partial charge in [-0.1, -0.05) is 18.2 Å². The molecule has 1 saturated heterocycles. The molecule has 4 heteroatoms. The van der Waals surface area contributed by atoms with Crippen molar-refractivity contribution in [2.75, 3.05) is 13.1 Å². The van der Waals surface area contributed by atoms with E-state index in [1.165, 1.54) is 23.1 Å². The summed E-state index contributed by atoms with van der Waals surface area (Å²) in [6, 6.07) is 6.48. The van der Waals surface area contributed by atoms with E-state index in [4.69, 9.17) is 0 Å². The Bertz CT molecular complexity index is 470. The maximum atomic E-state index is 12.0. The molecule has 1 amide bonds. The summed E-state index contributed by atoms with van der Waals surface area (Å²) in [4.78, 5) is 12.0. The Hall–Kier alpha value is -1.06. The molecule has 0 bridgehead atoms. The molecule has 3 nitrogen and oxygen atoms in total. The molecule has 2 rings (SSSR count). The summed E-state index contributed by atoms with van der Waals surface area (Å²) >= 11 is 0. The van der Waals surface area contributed by atoms with Crippen LogP contribution in [-0.2, 0) is 4.79 Å². The van der Waals surface area contributed by atoms with Gasteiger partial charge in [0.15, 0.2) is 0 Å². The summed E-state index contributed by atoms with van der Waals surface area (Å²) in [7, 11) is 0. The molecule has 1 aromatic carbocycles. The third-order valence-corrected chi connectivity index (χ3v) is 4.35. The molecular weight excluding hydrogens is 284 g/mol. The molecule has 0 aromatic heterocycles. The van der Waals surface area contributed by atoms with Crippen molar-refractivity contribution in [3.63, 3.8) is 0 Å². The topological polar surface area (TPSA) is 41.1 Å². The number of hydrogen-bond acceptors (Lipinski definition) is 2. The predicted molar refractivity (Wildman–Crippen MR) is 89.9 cm³/mol. The van der Waals surface area contributed by atoms with Crippen LogP contribution in [0.3, 0.4) is 0 Å². The molecule has 0 saturated carbocycles. The van der Waals surface area contributed by atoms with Crippen LogP contribution in [0.5, 0.6) is 0 Å². The van der Waals surface area contributed by atoms with Crippen molar-refractivity contribution in [3.05, 3.63) is 34.9 Å². The van der Waals surface area contributed by atoms with Gasteiger partial charge in [0.25, 0.3) is 0 Å². The average molecular weight is 311 g/mol. The number of amides is 1. The normalized spacial score (nSPS) is 18.9. The molecular formula is C17H27ClN2O. The first-order valence-electron chi connectivity index (χ1n) is 7.63. The Kier molecular flexibility index (Phi) is 7.20. The zero-order valence-corrected chi connectivity index (χ0v) is 14.1. The molecule has 0 aliphatic carbocycles. The first-order chi connectivity index (χ1) is 9.56. The third kappa shape index (κ3) is 5.33. The highest BCUT2D eigenvalue weighted by molar-refractivity contribution is 5.85. The van der Waals surface area contributed by atoms with Gasteiger partial charge in [0.05, 0.1) is 6.04 Å². The lowest BCUT2D eigenvalue weighted by atomic mass is 10.0. The summed E-state index contributed by atoms with van der Waals surface area (Å²) in [5, 5.41) is 6.45. The van der Waals surface area contributed by atoms with Crippen molar-refractivity contribution in [2.24, 2.45) is 5.92 Å². The first-order valence-corrected chi connectivity index (χ1v) is 7.63. The Morgan fingerprint density at radius 2 is 2.14 bits per heavy atom. The van der Waals surface area contributed by atoms with Gasteiger partial charge in [0, 0.05) is 6.42 Å². The van der Waals surface area contributed by atoms with Crippen molar-refractivity contribution < 1.29 is 4.79 Å². The average Bonchev–Trinajstić information content (AvgIpc) is 2.92. The number of hydrogen-bond donors (Lipinski definition) is 2. The minimum Gasteiger partial charge on any atom is -0.350 e. The van der Waals surface area contributed by atoms with E-state index < -0.39 is 0 Å². The van der Waals surface area contributed by atoms with Crippen LogP contribution >= 0.6 is 12.4 Å². The van der Waals surface area contributed by atoms with Gasteiger partial charge >= 0.3 is 0 Å². The van der Waals surface area contributed by atoms with Crippen molar-refractivity contribution in [1.29, 1.82) is 0 Å². The van der Waals surface area contributed by atoms with E-state index in [-0.39, 0.29) is 24.4 Å². The van der Waals surface area contributed by atoms with Crippen LogP contribution < -0.4 is 10.6 Å². The smallest absolute Gasteiger partial charge is 0.220 e. The van der Waals surface area contributed by atoms with Gasteiger partial charge in [-0.2, -0.15) is 0 Å². The molecule has 2 unspecified atom stereocenters. The minimum absolute atomic E-state index is 0. The van der Waals surface area contributed by atoms with Crippen LogP contribution in [-0.4, -0.2) is 19.0 Å². The minimum atomic E-state index is 0. The van der Waals surface area contributed by atoms with Crippen LogP contribution in [0.4, 0.5) is 0 Å². The summed E-state index contributed by atoms with van der Waals surface area (Å²) in [5.74, 6) is 0.848. The van der Waals surface area contributed by atoms with Gasteiger partial charge in [-0.3, -0.25) is 4.79 Å². The van der Waals surface area contributed by atoms with Gasteiger partial charge in [-0.05, 0) is 69.3 Å². The second-order valence-electron chi connectivity index (χ2n) is 6.03.